The summed E-state index contributed by atoms with van der Waals surface area (Å²) in [4.78, 5) is 16.8. The Bertz CT molecular complexity index is 1180. The van der Waals surface area contributed by atoms with Gasteiger partial charge in [-0.05, 0) is 32.0 Å². The Labute approximate surface area is 185 Å². The molecule has 9 nitrogen and oxygen atoms in total. The average molecular weight is 467 g/mol. The van der Waals surface area contributed by atoms with E-state index in [0.717, 1.165) is 10.9 Å². The van der Waals surface area contributed by atoms with Gasteiger partial charge >= 0.3 is 6.18 Å². The van der Waals surface area contributed by atoms with Crippen molar-refractivity contribution in [1.29, 1.82) is 0 Å². The number of aliphatic imine (C=N–C) groups is 1. The minimum atomic E-state index is -4.80. The van der Waals surface area contributed by atoms with Gasteiger partial charge in [0.05, 0.1) is 18.4 Å². The highest BCUT2D eigenvalue weighted by Gasteiger charge is 2.39. The summed E-state index contributed by atoms with van der Waals surface area (Å²) in [6.07, 6.45) is -3.84. The van der Waals surface area contributed by atoms with Crippen molar-refractivity contribution >= 4 is 17.7 Å². The highest BCUT2D eigenvalue weighted by atomic mass is 19.4. The van der Waals surface area contributed by atoms with Crippen molar-refractivity contribution in [3.63, 3.8) is 0 Å². The molecule has 3 rings (SSSR count). The molecule has 33 heavy (non-hydrogen) atoms. The number of H-pyrrole nitrogens is 1. The van der Waals surface area contributed by atoms with Crippen LogP contribution in [0.15, 0.2) is 35.5 Å². The molecule has 13 heteroatoms. The number of aromatic amines is 1. The number of guanidine groups is 1. The summed E-state index contributed by atoms with van der Waals surface area (Å²) in [6, 6.07) is 5.54. The average Bonchev–Trinajstić information content (AvgIpc) is 3.34. The summed E-state index contributed by atoms with van der Waals surface area (Å²) >= 11 is 0. The van der Waals surface area contributed by atoms with Crippen LogP contribution >= 0.6 is 0 Å². The van der Waals surface area contributed by atoms with E-state index in [2.05, 4.69) is 30.9 Å². The summed E-state index contributed by atoms with van der Waals surface area (Å²) in [7, 11) is 2.63. The molecular formula is C20H21F4N7O2. The van der Waals surface area contributed by atoms with Crippen molar-refractivity contribution in [3.05, 3.63) is 47.5 Å². The third kappa shape index (κ3) is 5.67. The summed E-state index contributed by atoms with van der Waals surface area (Å²) in [5.41, 5.74) is -1.04. The molecular weight excluding hydrogens is 446 g/mol. The highest BCUT2D eigenvalue weighted by molar-refractivity contribution is 6.10. The van der Waals surface area contributed by atoms with Crippen molar-refractivity contribution in [3.8, 4) is 17.0 Å². The van der Waals surface area contributed by atoms with Gasteiger partial charge in [-0.15, -0.1) is 0 Å². The number of ether oxygens (including phenoxy) is 1. The van der Waals surface area contributed by atoms with E-state index in [0.29, 0.717) is 11.3 Å². The van der Waals surface area contributed by atoms with Crippen molar-refractivity contribution in [2.24, 2.45) is 12.0 Å². The SMILES string of the molecule is COc1ccc(-c2cc(NC(=NC(C)C)NC(=O)c3cn(C)nc3C(F)(F)F)n[nH]2)cc1F. The lowest BCUT2D eigenvalue weighted by atomic mass is 10.1. The molecule has 0 fully saturated rings. The first-order chi connectivity index (χ1) is 15.5. The Balaban J connectivity index is 1.82. The second kappa shape index (κ2) is 9.30. The Morgan fingerprint density at radius 2 is 2.00 bits per heavy atom. The third-order valence-corrected chi connectivity index (χ3v) is 4.25. The number of aryl methyl sites for hydroxylation is 1. The van der Waals surface area contributed by atoms with Crippen molar-refractivity contribution in [2.45, 2.75) is 26.1 Å². The molecule has 2 aromatic heterocycles. The van der Waals surface area contributed by atoms with Gasteiger partial charge in [-0.1, -0.05) is 0 Å². The normalized spacial score (nSPS) is 12.2. The van der Waals surface area contributed by atoms with Crippen molar-refractivity contribution in [1.82, 2.24) is 25.3 Å². The number of aromatic nitrogens is 4. The Morgan fingerprint density at radius 1 is 1.27 bits per heavy atom. The lowest BCUT2D eigenvalue weighted by Crippen LogP contribution is -2.37. The molecule has 1 aromatic carbocycles. The molecule has 176 valence electrons. The molecule has 0 bridgehead atoms. The lowest BCUT2D eigenvalue weighted by molar-refractivity contribution is -0.141. The topological polar surface area (TPSA) is 109 Å². The second-order valence-electron chi connectivity index (χ2n) is 7.23. The van der Waals surface area contributed by atoms with Gasteiger partial charge in [-0.25, -0.2) is 9.38 Å². The van der Waals surface area contributed by atoms with E-state index in [1.807, 2.05) is 0 Å². The number of carbonyl (C=O) groups excluding carboxylic acids is 1. The van der Waals surface area contributed by atoms with Crippen molar-refractivity contribution in [2.75, 3.05) is 12.4 Å². The van der Waals surface area contributed by atoms with Crippen LogP contribution in [-0.2, 0) is 13.2 Å². The molecule has 0 radical (unpaired) electrons. The predicted octanol–water partition coefficient (Wildman–Crippen LogP) is 3.58. The standard InChI is InChI=1S/C20H21F4N7O2/c1-10(2)25-19(27-18(32)12-9-31(3)30-17(12)20(22,23)24)26-16-8-14(28-29-16)11-5-6-15(33-4)13(21)7-11/h5-10H,1-4H3,(H3,25,26,27,28,29,32). The smallest absolute Gasteiger partial charge is 0.435 e. The molecule has 0 saturated heterocycles. The summed E-state index contributed by atoms with van der Waals surface area (Å²) < 4.78 is 59.4. The van der Waals surface area contributed by atoms with E-state index in [1.54, 1.807) is 19.9 Å². The molecule has 0 saturated carbocycles. The van der Waals surface area contributed by atoms with Crippen LogP contribution in [0.4, 0.5) is 23.4 Å². The fraction of sp³-hybridized carbons (Fsp3) is 0.300. The summed E-state index contributed by atoms with van der Waals surface area (Å²) in [6.45, 7) is 3.43. The second-order valence-corrected chi connectivity index (χ2v) is 7.23. The van der Waals surface area contributed by atoms with E-state index in [9.17, 15) is 22.4 Å². The largest absolute Gasteiger partial charge is 0.494 e. The van der Waals surface area contributed by atoms with Gasteiger partial charge in [0.25, 0.3) is 5.91 Å². The van der Waals surface area contributed by atoms with Gasteiger partial charge in [-0.2, -0.15) is 23.4 Å². The number of carbonyl (C=O) groups is 1. The minimum absolute atomic E-state index is 0.0827. The lowest BCUT2D eigenvalue weighted by Gasteiger charge is -2.11. The molecule has 3 N–H and O–H groups in total. The summed E-state index contributed by atoms with van der Waals surface area (Å²) in [5, 5.41) is 15.2. The number of halogens is 4. The Hall–Kier alpha value is -3.90. The zero-order chi connectivity index (χ0) is 24.3. The molecule has 0 aliphatic heterocycles. The number of benzene rings is 1. The third-order valence-electron chi connectivity index (χ3n) is 4.25. The van der Waals surface area contributed by atoms with Crippen LogP contribution in [-0.4, -0.2) is 45.0 Å². The zero-order valence-corrected chi connectivity index (χ0v) is 18.1. The maximum Gasteiger partial charge on any atom is 0.435 e. The zero-order valence-electron chi connectivity index (χ0n) is 18.1. The first-order valence-electron chi connectivity index (χ1n) is 9.64. The fourth-order valence-electron chi connectivity index (χ4n) is 2.88. The van der Waals surface area contributed by atoms with Crippen LogP contribution in [0.5, 0.6) is 5.75 Å². The molecule has 0 aliphatic rings. The number of hydrogen-bond acceptors (Lipinski definition) is 5. The first-order valence-corrected chi connectivity index (χ1v) is 9.64. The molecule has 1 amide bonds. The number of nitrogens with zero attached hydrogens (tertiary/aromatic N) is 4. The molecule has 0 aliphatic carbocycles. The van der Waals surface area contributed by atoms with Crippen LogP contribution in [0.3, 0.4) is 0 Å². The van der Waals surface area contributed by atoms with Crippen LogP contribution in [0.25, 0.3) is 11.3 Å². The number of nitrogens with one attached hydrogen (secondary N) is 3. The number of rotatable bonds is 5. The van der Waals surface area contributed by atoms with E-state index in [4.69, 9.17) is 4.74 Å². The van der Waals surface area contributed by atoms with Crippen LogP contribution in [0.2, 0.25) is 0 Å². The van der Waals surface area contributed by atoms with Gasteiger partial charge in [0.1, 0.15) is 0 Å². The maximum absolute atomic E-state index is 14.0. The monoisotopic (exact) mass is 467 g/mol. The molecule has 0 atom stereocenters. The first kappa shape index (κ1) is 23.8. The molecule has 0 unspecified atom stereocenters. The van der Waals surface area contributed by atoms with Gasteiger partial charge < -0.3 is 10.1 Å². The predicted molar refractivity (Wildman–Crippen MR) is 112 cm³/mol. The van der Waals surface area contributed by atoms with E-state index in [1.165, 1.54) is 32.4 Å². The molecule has 2 heterocycles. The minimum Gasteiger partial charge on any atom is -0.494 e. The number of amides is 1. The maximum atomic E-state index is 14.0. The Morgan fingerprint density at radius 3 is 2.61 bits per heavy atom. The van der Waals surface area contributed by atoms with Gasteiger partial charge in [-0.3, -0.25) is 19.9 Å². The van der Waals surface area contributed by atoms with Gasteiger partial charge in [0.2, 0.25) is 5.96 Å². The number of hydrogen-bond donors (Lipinski definition) is 3. The molecule has 3 aromatic rings. The van der Waals surface area contributed by atoms with Crippen LogP contribution < -0.4 is 15.4 Å². The quantitative estimate of drug-likeness (QED) is 0.302. The van der Waals surface area contributed by atoms with E-state index in [-0.39, 0.29) is 23.6 Å². The van der Waals surface area contributed by atoms with Gasteiger partial charge in [0.15, 0.2) is 23.1 Å². The van der Waals surface area contributed by atoms with Gasteiger partial charge in [0, 0.05) is 30.9 Å². The number of methoxy groups -OCH3 is 1. The Kier molecular flexibility index (Phi) is 6.70. The van der Waals surface area contributed by atoms with Crippen LogP contribution in [0, 0.1) is 5.82 Å². The summed E-state index contributed by atoms with van der Waals surface area (Å²) in [5.74, 6) is -1.45. The fourth-order valence-corrected chi connectivity index (χ4v) is 2.88. The van der Waals surface area contributed by atoms with E-state index < -0.39 is 29.2 Å². The number of anilines is 1. The van der Waals surface area contributed by atoms with Crippen molar-refractivity contribution < 1.29 is 27.1 Å². The van der Waals surface area contributed by atoms with Crippen LogP contribution in [0.1, 0.15) is 29.9 Å². The van der Waals surface area contributed by atoms with E-state index >= 15 is 0 Å². The number of alkyl halides is 3. The molecule has 0 spiro atoms. The highest BCUT2D eigenvalue weighted by Crippen LogP contribution is 2.30.